The summed E-state index contributed by atoms with van der Waals surface area (Å²) in [5.74, 6) is -1.53. The monoisotopic (exact) mass is 430 g/mol. The van der Waals surface area contributed by atoms with E-state index in [-0.39, 0.29) is 32.5 Å². The summed E-state index contributed by atoms with van der Waals surface area (Å²) in [6.45, 7) is 0.0493. The Morgan fingerprint density at radius 3 is 1.39 bits per heavy atom. The fourth-order valence-corrected chi connectivity index (χ4v) is 2.18. The number of nitrogens with one attached hydrogen (secondary N) is 2. The van der Waals surface area contributed by atoms with Gasteiger partial charge in [0, 0.05) is 12.8 Å². The molecule has 164 valence electrons. The number of amides is 2. The molecule has 0 spiro atoms. The molecule has 2 N–H and O–H groups in total. The van der Waals surface area contributed by atoms with Gasteiger partial charge < -0.3 is 19.1 Å². The van der Waals surface area contributed by atoms with Crippen LogP contribution in [-0.4, -0.2) is 24.1 Å². The van der Waals surface area contributed by atoms with E-state index in [2.05, 4.69) is 9.68 Å². The van der Waals surface area contributed by atoms with Crippen molar-refractivity contribution in [3.8, 4) is 0 Å². The zero-order valence-electron chi connectivity index (χ0n) is 16.6. The molecular formula is C21H22N2O8. The lowest BCUT2D eigenvalue weighted by molar-refractivity contribution is -0.152. The molecule has 0 radical (unpaired) electrons. The number of carbonyl (C=O) groups is 4. The Morgan fingerprint density at radius 2 is 1.00 bits per heavy atom. The summed E-state index contributed by atoms with van der Waals surface area (Å²) in [5.41, 5.74) is 5.27. The molecule has 10 nitrogen and oxygen atoms in total. The molecule has 0 saturated carbocycles. The molecule has 0 bridgehead atoms. The Labute approximate surface area is 178 Å². The van der Waals surface area contributed by atoms with Crippen LogP contribution in [0.5, 0.6) is 0 Å². The third-order valence-electron chi connectivity index (χ3n) is 3.68. The topological polar surface area (TPSA) is 129 Å². The normalized spacial score (nSPS) is 9.81. The fraction of sp³-hybridized carbons (Fsp3) is 0.238. The van der Waals surface area contributed by atoms with Crippen LogP contribution in [0.3, 0.4) is 0 Å². The predicted molar refractivity (Wildman–Crippen MR) is 106 cm³/mol. The second-order valence-electron chi connectivity index (χ2n) is 6.13. The smallest absolute Gasteiger partial charge is 0.441 e. The molecule has 0 unspecified atom stereocenters. The van der Waals surface area contributed by atoms with Crippen LogP contribution >= 0.6 is 0 Å². The minimum Gasteiger partial charge on any atom is -0.443 e. The van der Waals surface area contributed by atoms with Gasteiger partial charge in [0.2, 0.25) is 0 Å². The highest BCUT2D eigenvalue weighted by Crippen LogP contribution is 2.02. The standard InChI is InChI=1S/C21H22N2O8/c24-18(30-22-20(26)28-14-16-8-3-1-4-9-16)12-7-13-19(25)31-23-21(27)29-15-17-10-5-2-6-11-17/h1-6,8-11H,7,12-15H2,(H,22,26)(H,23,27). The first kappa shape index (κ1) is 23.2. The van der Waals surface area contributed by atoms with E-state index in [1.165, 1.54) is 0 Å². The molecule has 0 fully saturated rings. The summed E-state index contributed by atoms with van der Waals surface area (Å²) in [6, 6.07) is 17.9. The van der Waals surface area contributed by atoms with Crippen LogP contribution in [0.15, 0.2) is 60.7 Å². The molecule has 2 aromatic carbocycles. The maximum absolute atomic E-state index is 11.6. The third-order valence-corrected chi connectivity index (χ3v) is 3.68. The van der Waals surface area contributed by atoms with Crippen LogP contribution in [0, 0.1) is 0 Å². The van der Waals surface area contributed by atoms with Crippen molar-refractivity contribution in [3.05, 3.63) is 71.8 Å². The van der Waals surface area contributed by atoms with E-state index in [4.69, 9.17) is 9.47 Å². The van der Waals surface area contributed by atoms with Crippen LogP contribution < -0.4 is 11.0 Å². The largest absolute Gasteiger partial charge is 0.443 e. The minimum atomic E-state index is -0.921. The molecule has 0 atom stereocenters. The molecule has 31 heavy (non-hydrogen) atoms. The molecule has 0 saturated heterocycles. The Kier molecular flexibility index (Phi) is 9.88. The molecule has 0 aliphatic carbocycles. The van der Waals surface area contributed by atoms with Gasteiger partial charge in [0.15, 0.2) is 0 Å². The zero-order chi connectivity index (χ0) is 22.3. The van der Waals surface area contributed by atoms with Crippen LogP contribution in [0.2, 0.25) is 0 Å². The van der Waals surface area contributed by atoms with E-state index in [1.54, 1.807) is 48.5 Å². The Hall–Kier alpha value is -4.08. The van der Waals surface area contributed by atoms with E-state index >= 15 is 0 Å². The number of benzene rings is 2. The van der Waals surface area contributed by atoms with E-state index < -0.39 is 24.1 Å². The van der Waals surface area contributed by atoms with Crippen molar-refractivity contribution in [3.63, 3.8) is 0 Å². The van der Waals surface area contributed by atoms with Crippen LogP contribution in [0.25, 0.3) is 0 Å². The molecule has 0 aliphatic rings. The maximum atomic E-state index is 11.6. The lowest BCUT2D eigenvalue weighted by Gasteiger charge is -2.08. The van der Waals surface area contributed by atoms with Crippen LogP contribution in [0.4, 0.5) is 9.59 Å². The van der Waals surface area contributed by atoms with Crippen LogP contribution in [-0.2, 0) is 42.0 Å². The first-order valence-corrected chi connectivity index (χ1v) is 9.35. The van der Waals surface area contributed by atoms with E-state index in [1.807, 2.05) is 23.1 Å². The Balaban J connectivity index is 1.49. The minimum absolute atomic E-state index is 0.0247. The Morgan fingerprint density at radius 1 is 0.613 bits per heavy atom. The van der Waals surface area contributed by atoms with Gasteiger partial charge in [-0.25, -0.2) is 19.2 Å². The number of hydroxylamine groups is 2. The van der Waals surface area contributed by atoms with Gasteiger partial charge in [-0.1, -0.05) is 60.7 Å². The van der Waals surface area contributed by atoms with Crippen molar-refractivity contribution in [1.82, 2.24) is 11.0 Å². The molecule has 0 aliphatic heterocycles. The molecule has 0 heterocycles. The summed E-state index contributed by atoms with van der Waals surface area (Å²) in [4.78, 5) is 55.1. The van der Waals surface area contributed by atoms with Gasteiger partial charge in [-0.2, -0.15) is 0 Å². The van der Waals surface area contributed by atoms with Crippen molar-refractivity contribution in [2.24, 2.45) is 0 Å². The van der Waals surface area contributed by atoms with Crippen LogP contribution in [0.1, 0.15) is 30.4 Å². The van der Waals surface area contributed by atoms with Gasteiger partial charge in [-0.15, -0.1) is 11.0 Å². The van der Waals surface area contributed by atoms with Gasteiger partial charge in [0.1, 0.15) is 13.2 Å². The first-order chi connectivity index (χ1) is 15.0. The summed E-state index contributed by atoms with van der Waals surface area (Å²) in [7, 11) is 0. The highest BCUT2D eigenvalue weighted by atomic mass is 16.7. The molecule has 0 aromatic heterocycles. The van der Waals surface area contributed by atoms with Crippen molar-refractivity contribution in [1.29, 1.82) is 0 Å². The number of hydrogen-bond donors (Lipinski definition) is 2. The average Bonchev–Trinajstić information content (AvgIpc) is 2.80. The summed E-state index contributed by atoms with van der Waals surface area (Å²) in [6.07, 6.45) is -2.08. The van der Waals surface area contributed by atoms with Crippen molar-refractivity contribution in [2.75, 3.05) is 0 Å². The SMILES string of the molecule is O=C(CCCC(=O)ONC(=O)OCc1ccccc1)ONC(=O)OCc1ccccc1. The summed E-state index contributed by atoms with van der Waals surface area (Å²) in [5, 5.41) is 0. The lowest BCUT2D eigenvalue weighted by atomic mass is 10.2. The number of carbonyl (C=O) groups excluding carboxylic acids is 4. The third kappa shape index (κ3) is 10.3. The maximum Gasteiger partial charge on any atom is 0.441 e. The lowest BCUT2D eigenvalue weighted by Crippen LogP contribution is -2.28. The van der Waals surface area contributed by atoms with Crippen molar-refractivity contribution >= 4 is 24.1 Å². The molecular weight excluding hydrogens is 408 g/mol. The molecule has 10 heteroatoms. The highest BCUT2D eigenvalue weighted by Gasteiger charge is 2.12. The zero-order valence-corrected chi connectivity index (χ0v) is 16.6. The molecule has 2 rings (SSSR count). The highest BCUT2D eigenvalue weighted by molar-refractivity contribution is 5.75. The predicted octanol–water partition coefficient (Wildman–Crippen LogP) is 2.93. The van der Waals surface area contributed by atoms with Gasteiger partial charge in [-0.3, -0.25) is 0 Å². The van der Waals surface area contributed by atoms with E-state index in [0.29, 0.717) is 0 Å². The van der Waals surface area contributed by atoms with E-state index in [9.17, 15) is 19.2 Å². The summed E-state index contributed by atoms with van der Waals surface area (Å²) >= 11 is 0. The molecule has 2 amide bonds. The Bertz CT molecular complexity index is 787. The van der Waals surface area contributed by atoms with Crippen molar-refractivity contribution < 1.29 is 38.3 Å². The fourth-order valence-electron chi connectivity index (χ4n) is 2.18. The van der Waals surface area contributed by atoms with Gasteiger partial charge in [0.05, 0.1) is 0 Å². The average molecular weight is 430 g/mol. The number of hydrogen-bond acceptors (Lipinski definition) is 8. The van der Waals surface area contributed by atoms with Crippen molar-refractivity contribution in [2.45, 2.75) is 32.5 Å². The van der Waals surface area contributed by atoms with Gasteiger partial charge in [-0.05, 0) is 17.5 Å². The van der Waals surface area contributed by atoms with Gasteiger partial charge >= 0.3 is 24.1 Å². The quantitative estimate of drug-likeness (QED) is 0.483. The number of ether oxygens (including phenoxy) is 2. The molecule has 2 aromatic rings. The second kappa shape index (κ2) is 13.2. The summed E-state index contributed by atoms with van der Waals surface area (Å²) < 4.78 is 9.74. The second-order valence-corrected chi connectivity index (χ2v) is 6.13. The van der Waals surface area contributed by atoms with Gasteiger partial charge in [0.25, 0.3) is 0 Å². The number of rotatable bonds is 8. The van der Waals surface area contributed by atoms with E-state index in [0.717, 1.165) is 11.1 Å². The first-order valence-electron chi connectivity index (χ1n) is 9.35.